The molecule has 0 radical (unpaired) electrons. The first-order chi connectivity index (χ1) is 18.1. The van der Waals surface area contributed by atoms with Crippen LogP contribution in [-0.4, -0.2) is 20.3 Å². The van der Waals surface area contributed by atoms with Crippen molar-refractivity contribution in [3.8, 4) is 11.3 Å². The first-order valence-corrected chi connectivity index (χ1v) is 13.1. The predicted octanol–water partition coefficient (Wildman–Crippen LogP) is 5.32. The Labute approximate surface area is 229 Å². The number of amides is 1. The van der Waals surface area contributed by atoms with E-state index in [0.29, 0.717) is 14.8 Å². The van der Waals surface area contributed by atoms with Gasteiger partial charge in [0.05, 0.1) is 28.3 Å². The molecule has 2 heterocycles. The standard InChI is InChI=1S/C27H24F2IN5O3/c1-13(2)35-26(37)20-23(32-19-10-9-16(30)12-18(19)28)21(29)27(38)34(3)24(20)22(33-35)15-5-4-6-17(11-15)31-25(36)14-7-8-14/h4-6,9-14,32H,7-8H2,1-3H3,(H,31,36). The Bertz CT molecular complexity index is 1730. The Morgan fingerprint density at radius 3 is 2.50 bits per heavy atom. The molecule has 196 valence electrons. The number of carbonyl (C=O) groups excluding carboxylic acids is 1. The smallest absolute Gasteiger partial charge is 0.289 e. The summed E-state index contributed by atoms with van der Waals surface area (Å²) in [4.78, 5) is 39.0. The molecule has 0 spiro atoms. The Kier molecular flexibility index (Phi) is 6.80. The molecule has 0 aliphatic heterocycles. The van der Waals surface area contributed by atoms with Crippen molar-refractivity contribution < 1.29 is 13.6 Å². The second kappa shape index (κ2) is 9.93. The number of halogens is 3. The lowest BCUT2D eigenvalue weighted by Crippen LogP contribution is -2.31. The quantitative estimate of drug-likeness (QED) is 0.281. The molecule has 1 aliphatic carbocycles. The third kappa shape index (κ3) is 4.70. The van der Waals surface area contributed by atoms with Gasteiger partial charge in [0, 0.05) is 27.8 Å². The topological polar surface area (TPSA) is 98.0 Å². The number of aryl methyl sites for hydroxylation is 1. The zero-order valence-electron chi connectivity index (χ0n) is 20.8. The van der Waals surface area contributed by atoms with Crippen molar-refractivity contribution in [2.75, 3.05) is 10.6 Å². The van der Waals surface area contributed by atoms with Crippen molar-refractivity contribution in [2.24, 2.45) is 13.0 Å². The summed E-state index contributed by atoms with van der Waals surface area (Å²) in [6.07, 6.45) is 1.70. The summed E-state index contributed by atoms with van der Waals surface area (Å²) in [6.45, 7) is 3.50. The van der Waals surface area contributed by atoms with E-state index in [9.17, 15) is 18.8 Å². The van der Waals surface area contributed by atoms with E-state index in [-0.39, 0.29) is 34.1 Å². The van der Waals surface area contributed by atoms with Crippen molar-refractivity contribution in [1.29, 1.82) is 0 Å². The number of rotatable bonds is 6. The maximum Gasteiger partial charge on any atom is 0.289 e. The highest BCUT2D eigenvalue weighted by atomic mass is 127. The first-order valence-electron chi connectivity index (χ1n) is 12.0. The lowest BCUT2D eigenvalue weighted by Gasteiger charge is -2.19. The predicted molar refractivity (Wildman–Crippen MR) is 151 cm³/mol. The summed E-state index contributed by atoms with van der Waals surface area (Å²) in [5.41, 5.74) is -0.802. The SMILES string of the molecule is CC(C)n1nc(-c2cccc(NC(=O)C3CC3)c2)c2c(c(Nc3ccc(I)cc3F)c(F)c(=O)n2C)c1=O. The van der Waals surface area contributed by atoms with Crippen LogP contribution in [0.1, 0.15) is 32.7 Å². The van der Waals surface area contributed by atoms with Gasteiger partial charge in [-0.3, -0.25) is 14.4 Å². The highest BCUT2D eigenvalue weighted by molar-refractivity contribution is 14.1. The molecule has 1 amide bonds. The van der Waals surface area contributed by atoms with Gasteiger partial charge in [0.1, 0.15) is 11.5 Å². The molecule has 4 aromatic rings. The van der Waals surface area contributed by atoms with E-state index in [1.807, 2.05) is 22.6 Å². The summed E-state index contributed by atoms with van der Waals surface area (Å²) >= 11 is 1.94. The van der Waals surface area contributed by atoms with Crippen LogP contribution in [0, 0.1) is 21.1 Å². The number of nitrogens with zero attached hydrogens (tertiary/aromatic N) is 3. The summed E-state index contributed by atoms with van der Waals surface area (Å²) in [6, 6.07) is 10.7. The third-order valence-corrected chi connectivity index (χ3v) is 7.09. The molecule has 38 heavy (non-hydrogen) atoms. The van der Waals surface area contributed by atoms with Gasteiger partial charge >= 0.3 is 0 Å². The average molecular weight is 631 g/mol. The number of hydrogen-bond acceptors (Lipinski definition) is 5. The van der Waals surface area contributed by atoms with Crippen molar-refractivity contribution in [1.82, 2.24) is 14.3 Å². The van der Waals surface area contributed by atoms with Crippen molar-refractivity contribution in [3.05, 3.63) is 78.4 Å². The Hall–Kier alpha value is -3.61. The van der Waals surface area contributed by atoms with Gasteiger partial charge in [-0.1, -0.05) is 12.1 Å². The molecule has 2 aromatic heterocycles. The largest absolute Gasteiger partial charge is 0.350 e. The molecule has 0 saturated heterocycles. The number of anilines is 3. The molecule has 11 heteroatoms. The second-order valence-corrected chi connectivity index (χ2v) is 10.8. The number of hydrogen-bond donors (Lipinski definition) is 2. The van der Waals surface area contributed by atoms with Gasteiger partial charge in [-0.25, -0.2) is 9.07 Å². The molecule has 1 aliphatic rings. The van der Waals surface area contributed by atoms with Crippen LogP contribution in [0.15, 0.2) is 52.1 Å². The van der Waals surface area contributed by atoms with Gasteiger partial charge in [0.25, 0.3) is 11.1 Å². The van der Waals surface area contributed by atoms with E-state index in [1.165, 1.54) is 23.9 Å². The summed E-state index contributed by atoms with van der Waals surface area (Å²) in [5.74, 6) is -1.96. The van der Waals surface area contributed by atoms with E-state index in [1.54, 1.807) is 44.2 Å². The monoisotopic (exact) mass is 631 g/mol. The second-order valence-electron chi connectivity index (χ2n) is 9.56. The molecule has 2 N–H and O–H groups in total. The number of carbonyl (C=O) groups is 1. The van der Waals surface area contributed by atoms with E-state index in [4.69, 9.17) is 0 Å². The number of nitrogens with one attached hydrogen (secondary N) is 2. The first kappa shape index (κ1) is 26.0. The summed E-state index contributed by atoms with van der Waals surface area (Å²) in [7, 11) is 1.35. The number of pyridine rings is 1. The molecule has 8 nitrogen and oxygen atoms in total. The maximum atomic E-state index is 15.5. The summed E-state index contributed by atoms with van der Waals surface area (Å²) < 4.78 is 33.1. The minimum atomic E-state index is -1.21. The third-order valence-electron chi connectivity index (χ3n) is 6.42. The van der Waals surface area contributed by atoms with Gasteiger partial charge in [-0.15, -0.1) is 0 Å². The van der Waals surface area contributed by atoms with E-state index < -0.39 is 34.5 Å². The lowest BCUT2D eigenvalue weighted by atomic mass is 10.1. The van der Waals surface area contributed by atoms with Crippen LogP contribution < -0.4 is 21.8 Å². The van der Waals surface area contributed by atoms with Gasteiger partial charge in [-0.05, 0) is 79.6 Å². The molecular weight excluding hydrogens is 607 g/mol. The fourth-order valence-corrected chi connectivity index (χ4v) is 4.73. The van der Waals surface area contributed by atoms with Gasteiger partial charge in [0.2, 0.25) is 11.7 Å². The molecular formula is C27H24F2IN5O3. The zero-order valence-corrected chi connectivity index (χ0v) is 23.0. The molecule has 1 saturated carbocycles. The number of benzene rings is 2. The average Bonchev–Trinajstić information content (AvgIpc) is 3.72. The normalized spacial score (nSPS) is 13.2. The van der Waals surface area contributed by atoms with Crippen LogP contribution >= 0.6 is 22.6 Å². The highest BCUT2D eigenvalue weighted by Gasteiger charge is 2.30. The van der Waals surface area contributed by atoms with Crippen LogP contribution in [0.5, 0.6) is 0 Å². The minimum Gasteiger partial charge on any atom is -0.350 e. The minimum absolute atomic E-state index is 0.000417. The lowest BCUT2D eigenvalue weighted by molar-refractivity contribution is -0.117. The zero-order chi connectivity index (χ0) is 27.3. The Balaban J connectivity index is 1.79. The fourth-order valence-electron chi connectivity index (χ4n) is 4.27. The Morgan fingerprint density at radius 1 is 1.11 bits per heavy atom. The number of fused-ring (bicyclic) bond motifs is 1. The highest BCUT2D eigenvalue weighted by Crippen LogP contribution is 2.34. The van der Waals surface area contributed by atoms with Gasteiger partial charge in [-0.2, -0.15) is 9.49 Å². The van der Waals surface area contributed by atoms with Crippen molar-refractivity contribution >= 4 is 56.5 Å². The van der Waals surface area contributed by atoms with Crippen LogP contribution in [-0.2, 0) is 11.8 Å². The molecule has 0 unspecified atom stereocenters. The van der Waals surface area contributed by atoms with Crippen LogP contribution in [0.4, 0.5) is 25.8 Å². The number of aromatic nitrogens is 3. The fraction of sp³-hybridized carbons (Fsp3) is 0.259. The van der Waals surface area contributed by atoms with Crippen LogP contribution in [0.25, 0.3) is 22.2 Å². The van der Waals surface area contributed by atoms with Gasteiger partial charge in [0.15, 0.2) is 0 Å². The van der Waals surface area contributed by atoms with E-state index >= 15 is 4.39 Å². The molecule has 5 rings (SSSR count). The van der Waals surface area contributed by atoms with Crippen molar-refractivity contribution in [2.45, 2.75) is 32.7 Å². The summed E-state index contributed by atoms with van der Waals surface area (Å²) in [5, 5.41) is 9.95. The molecule has 0 atom stereocenters. The van der Waals surface area contributed by atoms with Crippen LogP contribution in [0.3, 0.4) is 0 Å². The van der Waals surface area contributed by atoms with Gasteiger partial charge < -0.3 is 15.2 Å². The van der Waals surface area contributed by atoms with Crippen molar-refractivity contribution in [3.63, 3.8) is 0 Å². The van der Waals surface area contributed by atoms with Crippen LogP contribution in [0.2, 0.25) is 0 Å². The van der Waals surface area contributed by atoms with E-state index in [2.05, 4.69) is 15.7 Å². The molecule has 0 bridgehead atoms. The van der Waals surface area contributed by atoms with E-state index in [0.717, 1.165) is 17.4 Å². The maximum absolute atomic E-state index is 15.5. The molecule has 2 aromatic carbocycles. The Morgan fingerprint density at radius 2 is 1.84 bits per heavy atom. The molecule has 1 fully saturated rings.